The molecular weight excluding hydrogens is 331 g/mol. The van der Waals surface area contributed by atoms with Crippen molar-refractivity contribution < 1.29 is 18.8 Å². The molecule has 1 amide bonds. The van der Waals surface area contributed by atoms with Crippen LogP contribution in [0, 0.1) is 5.82 Å². The molecule has 2 rings (SSSR count). The normalized spacial score (nSPS) is 13.2. The molecule has 0 aliphatic carbocycles. The van der Waals surface area contributed by atoms with Crippen LogP contribution in [0.2, 0.25) is 5.02 Å². The van der Waals surface area contributed by atoms with E-state index in [1.807, 2.05) is 7.05 Å². The summed E-state index contributed by atoms with van der Waals surface area (Å²) in [5.74, 6) is 0.0806. The maximum absolute atomic E-state index is 13.8. The Morgan fingerprint density at radius 2 is 2.04 bits per heavy atom. The molecule has 6 heteroatoms. The Kier molecular flexibility index (Phi) is 6.17. The minimum atomic E-state index is -0.381. The highest BCUT2D eigenvalue weighted by Gasteiger charge is 2.23. The van der Waals surface area contributed by atoms with Gasteiger partial charge in [-0.2, -0.15) is 0 Å². The molecule has 2 N–H and O–H groups in total. The Labute approximate surface area is 146 Å². The van der Waals surface area contributed by atoms with Crippen LogP contribution in [0.25, 0.3) is 0 Å². The molecule has 0 bridgehead atoms. The fraction of sp³-hybridized carbons (Fsp3) is 0.278. The fourth-order valence-electron chi connectivity index (χ4n) is 2.34. The zero-order chi connectivity index (χ0) is 17.7. The van der Waals surface area contributed by atoms with E-state index in [2.05, 4.69) is 5.32 Å². The molecular formula is C18H21ClFN2O2+. The molecule has 0 fully saturated rings. The first-order chi connectivity index (χ1) is 11.4. The summed E-state index contributed by atoms with van der Waals surface area (Å²) in [6, 6.07) is 11.2. The van der Waals surface area contributed by atoms with Gasteiger partial charge in [-0.25, -0.2) is 4.39 Å². The van der Waals surface area contributed by atoms with Crippen LogP contribution in [0.4, 0.5) is 10.1 Å². The number of carbonyl (C=O) groups is 1. The maximum atomic E-state index is 13.8. The van der Waals surface area contributed by atoms with Crippen LogP contribution in [0.1, 0.15) is 12.5 Å². The van der Waals surface area contributed by atoms with E-state index in [1.54, 1.807) is 43.3 Å². The van der Waals surface area contributed by atoms with Crippen molar-refractivity contribution >= 4 is 23.2 Å². The van der Waals surface area contributed by atoms with E-state index >= 15 is 0 Å². The number of nitrogens with one attached hydrogen (secondary N) is 2. The summed E-state index contributed by atoms with van der Waals surface area (Å²) >= 11 is 5.97. The second-order valence-electron chi connectivity index (χ2n) is 5.67. The first-order valence-corrected chi connectivity index (χ1v) is 8.00. The number of hydrogen-bond donors (Lipinski definition) is 2. The van der Waals surface area contributed by atoms with Crippen LogP contribution < -0.4 is 15.0 Å². The number of hydrogen-bond acceptors (Lipinski definition) is 2. The first kappa shape index (κ1) is 18.2. The van der Waals surface area contributed by atoms with Gasteiger partial charge in [0.2, 0.25) is 0 Å². The Hall–Kier alpha value is -2.11. The summed E-state index contributed by atoms with van der Waals surface area (Å²) in [5, 5.41) is 3.33. The number of rotatable bonds is 6. The SMILES string of the molecule is COc1ccc(Cl)cc1NC(=O)[C@@H](C)[NH+](C)Cc1ccccc1F. The van der Waals surface area contributed by atoms with Gasteiger partial charge in [0.05, 0.1) is 19.8 Å². The topological polar surface area (TPSA) is 42.8 Å². The highest BCUT2D eigenvalue weighted by Crippen LogP contribution is 2.27. The molecule has 2 aromatic rings. The Balaban J connectivity index is 2.06. The van der Waals surface area contributed by atoms with Crippen molar-refractivity contribution in [3.8, 4) is 5.75 Å². The third kappa shape index (κ3) is 4.46. The standard InChI is InChI=1S/C18H20ClFN2O2/c1-12(22(2)11-13-6-4-5-7-15(13)20)18(23)21-16-10-14(19)8-9-17(16)24-3/h4-10,12H,11H2,1-3H3,(H,21,23)/p+1/t12-/m1/s1. The van der Waals surface area contributed by atoms with Crippen LogP contribution >= 0.6 is 11.6 Å². The van der Waals surface area contributed by atoms with Crippen molar-refractivity contribution in [2.24, 2.45) is 0 Å². The zero-order valence-corrected chi connectivity index (χ0v) is 14.7. The number of quaternary nitrogens is 1. The number of halogens is 2. The lowest BCUT2D eigenvalue weighted by atomic mass is 10.1. The van der Waals surface area contributed by atoms with Crippen molar-refractivity contribution in [3.05, 3.63) is 58.9 Å². The molecule has 0 heterocycles. The summed E-state index contributed by atoms with van der Waals surface area (Å²) in [6.45, 7) is 2.20. The van der Waals surface area contributed by atoms with Gasteiger partial charge < -0.3 is 15.0 Å². The van der Waals surface area contributed by atoms with E-state index in [0.717, 1.165) is 4.90 Å². The van der Waals surface area contributed by atoms with Crippen molar-refractivity contribution in [2.75, 3.05) is 19.5 Å². The van der Waals surface area contributed by atoms with E-state index in [0.29, 0.717) is 28.6 Å². The lowest BCUT2D eigenvalue weighted by molar-refractivity contribution is -0.908. The van der Waals surface area contributed by atoms with Crippen LogP contribution in [0.5, 0.6) is 5.75 Å². The summed E-state index contributed by atoms with van der Waals surface area (Å²) in [7, 11) is 3.38. The third-order valence-electron chi connectivity index (χ3n) is 3.98. The summed E-state index contributed by atoms with van der Waals surface area (Å²) in [5.41, 5.74) is 1.09. The van der Waals surface area contributed by atoms with Crippen LogP contribution in [0.15, 0.2) is 42.5 Å². The summed E-state index contributed by atoms with van der Waals surface area (Å²) < 4.78 is 19.0. The molecule has 2 atom stereocenters. The number of amides is 1. The molecule has 128 valence electrons. The Morgan fingerprint density at radius 3 is 2.71 bits per heavy atom. The zero-order valence-electron chi connectivity index (χ0n) is 13.9. The average Bonchev–Trinajstić information content (AvgIpc) is 2.56. The molecule has 2 aromatic carbocycles. The predicted octanol–water partition coefficient (Wildman–Crippen LogP) is 2.53. The number of methoxy groups -OCH3 is 1. The van der Waals surface area contributed by atoms with Gasteiger partial charge in [0.1, 0.15) is 18.1 Å². The van der Waals surface area contributed by atoms with Crippen LogP contribution in [0.3, 0.4) is 0 Å². The molecule has 0 aromatic heterocycles. The van der Waals surface area contributed by atoms with Crippen molar-refractivity contribution in [2.45, 2.75) is 19.5 Å². The van der Waals surface area contributed by atoms with E-state index in [4.69, 9.17) is 16.3 Å². The van der Waals surface area contributed by atoms with Crippen molar-refractivity contribution in [1.29, 1.82) is 0 Å². The lowest BCUT2D eigenvalue weighted by Gasteiger charge is -2.22. The van der Waals surface area contributed by atoms with Gasteiger partial charge in [-0.05, 0) is 31.2 Å². The molecule has 0 spiro atoms. The van der Waals surface area contributed by atoms with Gasteiger partial charge in [0.15, 0.2) is 6.04 Å². The Morgan fingerprint density at radius 1 is 1.33 bits per heavy atom. The molecule has 0 aliphatic heterocycles. The second kappa shape index (κ2) is 8.13. The number of carbonyl (C=O) groups excluding carboxylic acids is 1. The summed E-state index contributed by atoms with van der Waals surface area (Å²) in [4.78, 5) is 13.4. The first-order valence-electron chi connectivity index (χ1n) is 7.62. The van der Waals surface area contributed by atoms with E-state index in [9.17, 15) is 9.18 Å². The van der Waals surface area contributed by atoms with Gasteiger partial charge in [0.25, 0.3) is 5.91 Å². The average molecular weight is 352 g/mol. The Bertz CT molecular complexity index is 724. The molecule has 0 saturated heterocycles. The molecule has 0 radical (unpaired) electrons. The molecule has 0 aliphatic rings. The number of likely N-dealkylation sites (N-methyl/N-ethyl adjacent to an activating group) is 1. The number of ether oxygens (including phenoxy) is 1. The van der Waals surface area contributed by atoms with Gasteiger partial charge >= 0.3 is 0 Å². The highest BCUT2D eigenvalue weighted by atomic mass is 35.5. The lowest BCUT2D eigenvalue weighted by Crippen LogP contribution is -3.12. The van der Waals surface area contributed by atoms with Gasteiger partial charge in [0, 0.05) is 10.6 Å². The molecule has 4 nitrogen and oxygen atoms in total. The third-order valence-corrected chi connectivity index (χ3v) is 4.21. The van der Waals surface area contributed by atoms with E-state index in [-0.39, 0.29) is 17.8 Å². The molecule has 1 unspecified atom stereocenters. The minimum absolute atomic E-state index is 0.190. The molecule has 0 saturated carbocycles. The monoisotopic (exact) mass is 351 g/mol. The quantitative estimate of drug-likeness (QED) is 0.840. The highest BCUT2D eigenvalue weighted by molar-refractivity contribution is 6.31. The predicted molar refractivity (Wildman–Crippen MR) is 93.1 cm³/mol. The van der Waals surface area contributed by atoms with E-state index in [1.165, 1.54) is 13.2 Å². The van der Waals surface area contributed by atoms with Crippen LogP contribution in [-0.2, 0) is 11.3 Å². The van der Waals surface area contributed by atoms with Gasteiger partial charge in [-0.3, -0.25) is 4.79 Å². The van der Waals surface area contributed by atoms with Crippen molar-refractivity contribution in [1.82, 2.24) is 0 Å². The second-order valence-corrected chi connectivity index (χ2v) is 6.11. The van der Waals surface area contributed by atoms with Gasteiger partial charge in [-0.15, -0.1) is 0 Å². The largest absolute Gasteiger partial charge is 0.495 e. The summed E-state index contributed by atoms with van der Waals surface area (Å²) in [6.07, 6.45) is 0. The fourth-order valence-corrected chi connectivity index (χ4v) is 2.51. The number of anilines is 1. The smallest absolute Gasteiger partial charge is 0.282 e. The van der Waals surface area contributed by atoms with E-state index < -0.39 is 0 Å². The van der Waals surface area contributed by atoms with Gasteiger partial charge in [-0.1, -0.05) is 29.8 Å². The maximum Gasteiger partial charge on any atom is 0.282 e. The van der Waals surface area contributed by atoms with Crippen LogP contribution in [-0.4, -0.2) is 26.1 Å². The number of benzene rings is 2. The van der Waals surface area contributed by atoms with Crippen molar-refractivity contribution in [3.63, 3.8) is 0 Å². The molecule has 24 heavy (non-hydrogen) atoms. The minimum Gasteiger partial charge on any atom is -0.495 e.